The van der Waals surface area contributed by atoms with Gasteiger partial charge in [-0.15, -0.1) is 11.3 Å². The van der Waals surface area contributed by atoms with E-state index in [9.17, 15) is 4.79 Å². The van der Waals surface area contributed by atoms with Crippen LogP contribution in [0.25, 0.3) is 10.2 Å². The molecule has 1 amide bonds. The highest BCUT2D eigenvalue weighted by Crippen LogP contribution is 2.24. The van der Waals surface area contributed by atoms with Gasteiger partial charge in [-0.05, 0) is 25.1 Å². The highest BCUT2D eigenvalue weighted by atomic mass is 32.1. The predicted octanol–water partition coefficient (Wildman–Crippen LogP) is 1.01. The molecule has 0 saturated carbocycles. The fourth-order valence-corrected chi connectivity index (χ4v) is 4.51. The SMILES string of the molecule is C[C@H](c1nc2ccccc2s1)[NH+](C)CC(=O)N1CCN(c2ncccn2)CC1. The first-order valence-corrected chi connectivity index (χ1v) is 10.4. The number of rotatable bonds is 5. The molecule has 2 atom stereocenters. The number of amides is 1. The maximum absolute atomic E-state index is 12.8. The van der Waals surface area contributed by atoms with Crippen LogP contribution >= 0.6 is 11.3 Å². The molecule has 0 radical (unpaired) electrons. The lowest BCUT2D eigenvalue weighted by atomic mass is 10.2. The van der Waals surface area contributed by atoms with E-state index in [1.807, 2.05) is 29.2 Å². The van der Waals surface area contributed by atoms with Crippen LogP contribution in [0.1, 0.15) is 18.0 Å². The second kappa shape index (κ2) is 8.20. The Hall–Kier alpha value is -2.58. The molecule has 8 heteroatoms. The number of nitrogens with one attached hydrogen (secondary N) is 1. The average Bonchev–Trinajstić information content (AvgIpc) is 3.18. The molecular formula is C20H25N6OS+. The van der Waals surface area contributed by atoms with E-state index in [0.29, 0.717) is 19.6 Å². The lowest BCUT2D eigenvalue weighted by Crippen LogP contribution is -3.10. The van der Waals surface area contributed by atoms with E-state index in [0.717, 1.165) is 34.5 Å². The van der Waals surface area contributed by atoms with Gasteiger partial charge in [-0.2, -0.15) is 0 Å². The number of aromatic nitrogens is 3. The summed E-state index contributed by atoms with van der Waals surface area (Å²) in [4.78, 5) is 31.4. The number of nitrogens with zero attached hydrogens (tertiary/aromatic N) is 5. The van der Waals surface area contributed by atoms with Crippen LogP contribution < -0.4 is 9.80 Å². The zero-order valence-corrected chi connectivity index (χ0v) is 17.0. The van der Waals surface area contributed by atoms with E-state index < -0.39 is 0 Å². The Morgan fingerprint density at radius 1 is 1.14 bits per heavy atom. The first-order valence-electron chi connectivity index (χ1n) is 9.59. The highest BCUT2D eigenvalue weighted by Gasteiger charge is 2.27. The van der Waals surface area contributed by atoms with E-state index >= 15 is 0 Å². The van der Waals surface area contributed by atoms with Gasteiger partial charge in [0.25, 0.3) is 5.91 Å². The van der Waals surface area contributed by atoms with Crippen LogP contribution in [0.2, 0.25) is 0 Å². The summed E-state index contributed by atoms with van der Waals surface area (Å²) in [5.74, 6) is 0.931. The van der Waals surface area contributed by atoms with Crippen LogP contribution in [-0.4, -0.2) is 65.5 Å². The number of piperazine rings is 1. The summed E-state index contributed by atoms with van der Waals surface area (Å²) in [5, 5.41) is 1.08. The third-order valence-electron chi connectivity index (χ3n) is 5.32. The van der Waals surface area contributed by atoms with Crippen LogP contribution in [0.4, 0.5) is 5.95 Å². The van der Waals surface area contributed by atoms with Crippen molar-refractivity contribution < 1.29 is 9.69 Å². The average molecular weight is 398 g/mol. The minimum Gasteiger partial charge on any atom is -0.337 e. The van der Waals surface area contributed by atoms with Crippen LogP contribution in [0.15, 0.2) is 42.7 Å². The molecule has 1 aliphatic rings. The van der Waals surface area contributed by atoms with Crippen LogP contribution in [0.3, 0.4) is 0 Å². The third kappa shape index (κ3) is 3.98. The lowest BCUT2D eigenvalue weighted by molar-refractivity contribution is -0.902. The Labute approximate surface area is 168 Å². The van der Waals surface area contributed by atoms with Crippen LogP contribution in [0.5, 0.6) is 0 Å². The van der Waals surface area contributed by atoms with E-state index in [1.165, 1.54) is 4.70 Å². The summed E-state index contributed by atoms with van der Waals surface area (Å²) < 4.78 is 1.20. The van der Waals surface area contributed by atoms with E-state index in [2.05, 4.69) is 34.9 Å². The van der Waals surface area contributed by atoms with Crippen molar-refractivity contribution in [3.05, 3.63) is 47.7 Å². The Bertz CT molecular complexity index is 905. The van der Waals surface area contributed by atoms with Gasteiger partial charge in [-0.1, -0.05) is 12.1 Å². The van der Waals surface area contributed by atoms with Gasteiger partial charge in [0.15, 0.2) is 11.6 Å². The Balaban J connectivity index is 1.33. The zero-order chi connectivity index (χ0) is 19.5. The highest BCUT2D eigenvalue weighted by molar-refractivity contribution is 7.18. The minimum atomic E-state index is 0.181. The molecule has 1 aromatic carbocycles. The van der Waals surface area contributed by atoms with Crippen molar-refractivity contribution in [1.29, 1.82) is 0 Å². The molecule has 1 saturated heterocycles. The number of quaternary nitrogens is 1. The summed E-state index contributed by atoms with van der Waals surface area (Å²) in [6, 6.07) is 10.2. The fraction of sp³-hybridized carbons (Fsp3) is 0.400. The normalized spacial score (nSPS) is 16.9. The summed E-state index contributed by atoms with van der Waals surface area (Å²) in [7, 11) is 2.07. The molecule has 0 aliphatic carbocycles. The molecule has 4 rings (SSSR count). The molecule has 1 aliphatic heterocycles. The molecule has 1 unspecified atom stereocenters. The summed E-state index contributed by atoms with van der Waals surface area (Å²) in [6.45, 7) is 5.56. The quantitative estimate of drug-likeness (QED) is 0.696. The molecule has 146 valence electrons. The number of hydrogen-bond acceptors (Lipinski definition) is 6. The fourth-order valence-electron chi connectivity index (χ4n) is 3.40. The second-order valence-electron chi connectivity index (χ2n) is 7.18. The van der Waals surface area contributed by atoms with Crippen molar-refractivity contribution in [1.82, 2.24) is 19.9 Å². The number of fused-ring (bicyclic) bond motifs is 1. The first-order chi connectivity index (χ1) is 13.6. The Morgan fingerprint density at radius 2 is 1.86 bits per heavy atom. The van der Waals surface area contributed by atoms with Crippen LogP contribution in [0, 0.1) is 0 Å². The monoisotopic (exact) mass is 397 g/mol. The largest absolute Gasteiger partial charge is 0.337 e. The lowest BCUT2D eigenvalue weighted by Gasteiger charge is -2.35. The third-order valence-corrected chi connectivity index (χ3v) is 6.54. The molecule has 0 bridgehead atoms. The Kier molecular flexibility index (Phi) is 5.50. The summed E-state index contributed by atoms with van der Waals surface area (Å²) in [6.07, 6.45) is 3.50. The second-order valence-corrected chi connectivity index (χ2v) is 8.24. The number of anilines is 1. The van der Waals surface area contributed by atoms with Gasteiger partial charge >= 0.3 is 0 Å². The van der Waals surface area contributed by atoms with Gasteiger partial charge in [0.05, 0.1) is 17.3 Å². The number of thiazole rings is 1. The number of benzene rings is 1. The van der Waals surface area contributed by atoms with Crippen LogP contribution in [-0.2, 0) is 4.79 Å². The molecule has 0 spiro atoms. The van der Waals surface area contributed by atoms with Gasteiger partial charge in [0, 0.05) is 38.6 Å². The van der Waals surface area contributed by atoms with Crippen molar-refractivity contribution in [2.24, 2.45) is 0 Å². The van der Waals surface area contributed by atoms with Crippen molar-refractivity contribution in [3.8, 4) is 0 Å². The number of likely N-dealkylation sites (N-methyl/N-ethyl adjacent to an activating group) is 1. The smallest absolute Gasteiger partial charge is 0.277 e. The van der Waals surface area contributed by atoms with Gasteiger partial charge in [-0.25, -0.2) is 15.0 Å². The molecule has 3 aromatic rings. The predicted molar refractivity (Wildman–Crippen MR) is 111 cm³/mol. The number of carbonyl (C=O) groups is 1. The topological polar surface area (TPSA) is 66.7 Å². The standard InChI is InChI=1S/C20H24N6OS/c1-15(19-23-16-6-3-4-7-17(16)28-19)24(2)14-18(27)25-10-12-26(13-11-25)20-21-8-5-9-22-20/h3-9,15H,10-14H2,1-2H3/p+1/t15-/m1/s1. The van der Waals surface area contributed by atoms with Crippen molar-refractivity contribution in [3.63, 3.8) is 0 Å². The van der Waals surface area contributed by atoms with E-state index in [1.54, 1.807) is 23.7 Å². The first kappa shape index (κ1) is 18.8. The summed E-state index contributed by atoms with van der Waals surface area (Å²) in [5.41, 5.74) is 1.03. The van der Waals surface area contributed by atoms with E-state index in [4.69, 9.17) is 4.98 Å². The molecular weight excluding hydrogens is 372 g/mol. The molecule has 2 aromatic heterocycles. The van der Waals surface area contributed by atoms with Gasteiger partial charge in [0.1, 0.15) is 6.04 Å². The van der Waals surface area contributed by atoms with Crippen molar-refractivity contribution in [2.75, 3.05) is 44.7 Å². The van der Waals surface area contributed by atoms with Gasteiger partial charge < -0.3 is 14.7 Å². The minimum absolute atomic E-state index is 0.181. The van der Waals surface area contributed by atoms with Gasteiger partial charge in [0.2, 0.25) is 5.95 Å². The van der Waals surface area contributed by atoms with Crippen molar-refractivity contribution >= 4 is 33.4 Å². The maximum Gasteiger partial charge on any atom is 0.277 e. The molecule has 1 N–H and O–H groups in total. The van der Waals surface area contributed by atoms with E-state index in [-0.39, 0.29) is 11.9 Å². The summed E-state index contributed by atoms with van der Waals surface area (Å²) >= 11 is 1.72. The molecule has 1 fully saturated rings. The van der Waals surface area contributed by atoms with Gasteiger partial charge in [-0.3, -0.25) is 4.79 Å². The zero-order valence-electron chi connectivity index (χ0n) is 16.2. The number of para-hydroxylation sites is 1. The number of carbonyl (C=O) groups excluding carboxylic acids is 1. The Morgan fingerprint density at radius 3 is 2.57 bits per heavy atom. The molecule has 7 nitrogen and oxygen atoms in total. The molecule has 28 heavy (non-hydrogen) atoms. The molecule has 3 heterocycles. The van der Waals surface area contributed by atoms with Crippen molar-refractivity contribution in [2.45, 2.75) is 13.0 Å². The maximum atomic E-state index is 12.8. The number of hydrogen-bond donors (Lipinski definition) is 1.